The van der Waals surface area contributed by atoms with Gasteiger partial charge in [0.1, 0.15) is 0 Å². The number of carbonyl (C=O) groups excluding carboxylic acids is 2. The molecular formula is C15H20N2O3. The Hall–Kier alpha value is -1.88. The molecule has 5 heteroatoms. The average molecular weight is 276 g/mol. The maximum atomic E-state index is 12.4. The number of hydrogen-bond donors (Lipinski definition) is 1. The maximum absolute atomic E-state index is 12.4. The third-order valence-corrected chi connectivity index (χ3v) is 3.46. The van der Waals surface area contributed by atoms with Crippen LogP contribution in [0, 0.1) is 0 Å². The fraction of sp³-hybridized carbons (Fsp3) is 0.467. The monoisotopic (exact) mass is 276 g/mol. The molecule has 20 heavy (non-hydrogen) atoms. The van der Waals surface area contributed by atoms with E-state index in [-0.39, 0.29) is 17.9 Å². The summed E-state index contributed by atoms with van der Waals surface area (Å²) in [5.74, 6) is 0.0185. The first-order chi connectivity index (χ1) is 9.74. The number of ketones is 1. The molecule has 1 aliphatic rings. The second-order valence-electron chi connectivity index (χ2n) is 4.81. The summed E-state index contributed by atoms with van der Waals surface area (Å²) in [5, 5.41) is 2.77. The van der Waals surface area contributed by atoms with Gasteiger partial charge in [0.05, 0.1) is 12.6 Å². The van der Waals surface area contributed by atoms with E-state index >= 15 is 0 Å². The number of likely N-dealkylation sites (tertiary alicyclic amines) is 1. The molecule has 0 aliphatic carbocycles. The number of Topliss-reactive ketones (excluding diaryl/α,β-unsaturated/α-hetero) is 1. The molecule has 108 valence electrons. The SMILES string of the molecule is COCCNC(=O)N1CCCC1C(=O)c1ccccc1. The van der Waals surface area contributed by atoms with E-state index in [4.69, 9.17) is 4.74 Å². The van der Waals surface area contributed by atoms with Crippen molar-refractivity contribution >= 4 is 11.8 Å². The minimum atomic E-state index is -0.347. The minimum Gasteiger partial charge on any atom is -0.383 e. The molecule has 1 atom stereocenters. The van der Waals surface area contributed by atoms with Gasteiger partial charge in [-0.1, -0.05) is 30.3 Å². The number of benzene rings is 1. The summed E-state index contributed by atoms with van der Waals surface area (Å²) in [5.41, 5.74) is 0.661. The lowest BCUT2D eigenvalue weighted by molar-refractivity contribution is 0.0886. The van der Waals surface area contributed by atoms with Gasteiger partial charge in [-0.15, -0.1) is 0 Å². The van der Waals surface area contributed by atoms with Gasteiger partial charge < -0.3 is 15.0 Å². The van der Waals surface area contributed by atoms with Crippen molar-refractivity contribution in [2.75, 3.05) is 26.8 Å². The van der Waals surface area contributed by atoms with Crippen molar-refractivity contribution < 1.29 is 14.3 Å². The molecule has 2 rings (SSSR count). The van der Waals surface area contributed by atoms with E-state index in [0.717, 1.165) is 12.8 Å². The Morgan fingerprint density at radius 1 is 1.35 bits per heavy atom. The van der Waals surface area contributed by atoms with Gasteiger partial charge in [0, 0.05) is 25.8 Å². The smallest absolute Gasteiger partial charge is 0.318 e. The highest BCUT2D eigenvalue weighted by molar-refractivity contribution is 6.02. The molecule has 1 aromatic carbocycles. The number of amides is 2. The molecule has 0 saturated carbocycles. The molecule has 1 N–H and O–H groups in total. The molecule has 1 unspecified atom stereocenters. The summed E-state index contributed by atoms with van der Waals surface area (Å²) < 4.78 is 4.90. The van der Waals surface area contributed by atoms with E-state index in [9.17, 15) is 9.59 Å². The topological polar surface area (TPSA) is 58.6 Å². The van der Waals surface area contributed by atoms with Gasteiger partial charge in [0.25, 0.3) is 0 Å². The highest BCUT2D eigenvalue weighted by Crippen LogP contribution is 2.21. The summed E-state index contributed by atoms with van der Waals surface area (Å²) >= 11 is 0. The van der Waals surface area contributed by atoms with Crippen LogP contribution in [-0.2, 0) is 4.74 Å². The minimum absolute atomic E-state index is 0.0185. The van der Waals surface area contributed by atoms with Gasteiger partial charge >= 0.3 is 6.03 Å². The lowest BCUT2D eigenvalue weighted by Crippen LogP contribution is -2.46. The zero-order chi connectivity index (χ0) is 14.4. The van der Waals surface area contributed by atoms with Crippen LogP contribution in [-0.4, -0.2) is 49.6 Å². The van der Waals surface area contributed by atoms with Crippen molar-refractivity contribution in [2.45, 2.75) is 18.9 Å². The highest BCUT2D eigenvalue weighted by atomic mass is 16.5. The first-order valence-electron chi connectivity index (χ1n) is 6.86. The van der Waals surface area contributed by atoms with E-state index in [0.29, 0.717) is 25.3 Å². The van der Waals surface area contributed by atoms with Crippen molar-refractivity contribution in [2.24, 2.45) is 0 Å². The van der Waals surface area contributed by atoms with Crippen LogP contribution in [0.5, 0.6) is 0 Å². The van der Waals surface area contributed by atoms with E-state index < -0.39 is 0 Å². The van der Waals surface area contributed by atoms with Crippen molar-refractivity contribution in [3.05, 3.63) is 35.9 Å². The molecule has 0 aromatic heterocycles. The molecule has 1 saturated heterocycles. The van der Waals surface area contributed by atoms with Crippen LogP contribution >= 0.6 is 0 Å². The second kappa shape index (κ2) is 7.05. The predicted octanol–water partition coefficient (Wildman–Crippen LogP) is 1.69. The predicted molar refractivity (Wildman–Crippen MR) is 75.8 cm³/mol. The lowest BCUT2D eigenvalue weighted by atomic mass is 10.0. The fourth-order valence-corrected chi connectivity index (χ4v) is 2.44. The highest BCUT2D eigenvalue weighted by Gasteiger charge is 2.34. The molecule has 0 spiro atoms. The molecule has 1 heterocycles. The Morgan fingerprint density at radius 2 is 2.10 bits per heavy atom. The molecule has 5 nitrogen and oxygen atoms in total. The molecule has 1 aromatic rings. The number of nitrogens with zero attached hydrogens (tertiary/aromatic N) is 1. The third kappa shape index (κ3) is 3.36. The summed E-state index contributed by atoms with van der Waals surface area (Å²) in [4.78, 5) is 26.1. The zero-order valence-electron chi connectivity index (χ0n) is 11.7. The van der Waals surface area contributed by atoms with E-state index in [1.165, 1.54) is 0 Å². The number of ether oxygens (including phenoxy) is 1. The molecular weight excluding hydrogens is 256 g/mol. The lowest BCUT2D eigenvalue weighted by Gasteiger charge is -2.24. The largest absolute Gasteiger partial charge is 0.383 e. The molecule has 0 bridgehead atoms. The third-order valence-electron chi connectivity index (χ3n) is 3.46. The second-order valence-corrected chi connectivity index (χ2v) is 4.81. The first-order valence-corrected chi connectivity index (χ1v) is 6.86. The van der Waals surface area contributed by atoms with E-state index in [1.807, 2.05) is 18.2 Å². The maximum Gasteiger partial charge on any atom is 0.318 e. The van der Waals surface area contributed by atoms with Gasteiger partial charge in [0.15, 0.2) is 5.78 Å². The van der Waals surface area contributed by atoms with Gasteiger partial charge in [-0.3, -0.25) is 4.79 Å². The molecule has 1 fully saturated rings. The standard InChI is InChI=1S/C15H20N2O3/c1-20-11-9-16-15(19)17-10-5-8-13(17)14(18)12-6-3-2-4-7-12/h2-4,6-7,13H,5,8-11H2,1H3,(H,16,19). The number of urea groups is 1. The summed E-state index contributed by atoms with van der Waals surface area (Å²) in [6.45, 7) is 1.55. The quantitative estimate of drug-likeness (QED) is 0.657. The number of hydrogen-bond acceptors (Lipinski definition) is 3. The van der Waals surface area contributed by atoms with Crippen molar-refractivity contribution in [3.63, 3.8) is 0 Å². The molecule has 1 aliphatic heterocycles. The summed E-state index contributed by atoms with van der Waals surface area (Å²) in [6.07, 6.45) is 1.59. The number of methoxy groups -OCH3 is 1. The van der Waals surface area contributed by atoms with Gasteiger partial charge in [-0.2, -0.15) is 0 Å². The Balaban J connectivity index is 2.00. The Morgan fingerprint density at radius 3 is 2.80 bits per heavy atom. The van der Waals surface area contributed by atoms with Gasteiger partial charge in [-0.25, -0.2) is 4.79 Å². The van der Waals surface area contributed by atoms with Crippen LogP contribution in [0.3, 0.4) is 0 Å². The van der Waals surface area contributed by atoms with Crippen molar-refractivity contribution in [1.82, 2.24) is 10.2 Å². The van der Waals surface area contributed by atoms with Crippen LogP contribution in [0.4, 0.5) is 4.79 Å². The van der Waals surface area contributed by atoms with Gasteiger partial charge in [0.2, 0.25) is 0 Å². The normalized spacial score (nSPS) is 18.1. The number of carbonyl (C=O) groups is 2. The average Bonchev–Trinajstić information content (AvgIpc) is 2.97. The molecule has 0 radical (unpaired) electrons. The van der Waals surface area contributed by atoms with Crippen LogP contribution in [0.2, 0.25) is 0 Å². The Kier molecular flexibility index (Phi) is 5.12. The molecule has 2 amide bonds. The zero-order valence-corrected chi connectivity index (χ0v) is 11.7. The van der Waals surface area contributed by atoms with E-state index in [1.54, 1.807) is 24.1 Å². The van der Waals surface area contributed by atoms with E-state index in [2.05, 4.69) is 5.32 Å². The van der Waals surface area contributed by atoms with Crippen molar-refractivity contribution in [3.8, 4) is 0 Å². The summed E-state index contributed by atoms with van der Waals surface area (Å²) in [7, 11) is 1.59. The van der Waals surface area contributed by atoms with Crippen molar-refractivity contribution in [1.29, 1.82) is 0 Å². The van der Waals surface area contributed by atoms with Crippen LogP contribution in [0.15, 0.2) is 30.3 Å². The van der Waals surface area contributed by atoms with Gasteiger partial charge in [-0.05, 0) is 12.8 Å². The Bertz CT molecular complexity index is 461. The number of rotatable bonds is 5. The van der Waals surface area contributed by atoms with Crippen LogP contribution in [0.1, 0.15) is 23.2 Å². The Labute approximate surface area is 118 Å². The first kappa shape index (κ1) is 14.5. The summed E-state index contributed by atoms with van der Waals surface area (Å²) in [6, 6.07) is 8.61. The fourth-order valence-electron chi connectivity index (χ4n) is 2.44. The van der Waals surface area contributed by atoms with Crippen LogP contribution in [0.25, 0.3) is 0 Å². The van der Waals surface area contributed by atoms with Crippen LogP contribution < -0.4 is 5.32 Å². The number of nitrogens with one attached hydrogen (secondary N) is 1.